The summed E-state index contributed by atoms with van der Waals surface area (Å²) in [5, 5.41) is 8.85. The molecule has 3 N–H and O–H groups in total. The van der Waals surface area contributed by atoms with E-state index in [2.05, 4.69) is 20.9 Å². The van der Waals surface area contributed by atoms with Gasteiger partial charge in [0.2, 0.25) is 0 Å². The number of rotatable bonds is 6. The molecule has 0 radical (unpaired) electrons. The number of fused-ring (bicyclic) bond motifs is 1. The maximum Gasteiger partial charge on any atom is 0.323 e. The van der Waals surface area contributed by atoms with Crippen LogP contribution in [0, 0.1) is 18.7 Å². The molecule has 1 aliphatic carbocycles. The minimum Gasteiger partial charge on any atom is -0.496 e. The third-order valence-corrected chi connectivity index (χ3v) is 5.12. The Morgan fingerprint density at radius 1 is 1.16 bits per heavy atom. The topological polar surface area (TPSA) is 92.3 Å². The molecule has 3 aromatic rings. The molecule has 0 aliphatic heterocycles. The Morgan fingerprint density at radius 2 is 1.94 bits per heavy atom. The van der Waals surface area contributed by atoms with Crippen molar-refractivity contribution in [3.8, 4) is 5.75 Å². The molecule has 1 heterocycles. The van der Waals surface area contributed by atoms with Gasteiger partial charge in [-0.1, -0.05) is 12.1 Å². The minimum absolute atomic E-state index is 0. The van der Waals surface area contributed by atoms with Crippen LogP contribution in [0.4, 0.5) is 20.6 Å². The predicted octanol–water partition coefficient (Wildman–Crippen LogP) is 4.90. The first-order chi connectivity index (χ1) is 14.9. The number of hydrogen-bond donors (Lipinski definition) is 3. The zero-order chi connectivity index (χ0) is 22.0. The molecule has 0 bridgehead atoms. The molecule has 0 atom stereocenters. The molecule has 1 fully saturated rings. The number of methoxy groups -OCH3 is 1. The fourth-order valence-corrected chi connectivity index (χ4v) is 3.35. The highest BCUT2D eigenvalue weighted by molar-refractivity contribution is 6.06. The standard InChI is InChI=1S/C23H23FN4O3.ClH/c1-13-10-19(16-4-3-5-18(24)21(16)26-13)28-23(30)27-15-8-9-20(31-2)17(11-15)22(29)25-12-14-6-7-14;/h3-5,8-11,14H,6-7,12H2,1-2H3,(H,25,29)(H2,26,27,28,30);1H. The van der Waals surface area contributed by atoms with Crippen LogP contribution in [-0.4, -0.2) is 30.6 Å². The molecule has 1 saturated carbocycles. The van der Waals surface area contributed by atoms with Crippen molar-refractivity contribution < 1.29 is 18.7 Å². The van der Waals surface area contributed by atoms with Gasteiger partial charge in [0.15, 0.2) is 0 Å². The van der Waals surface area contributed by atoms with E-state index in [4.69, 9.17) is 4.74 Å². The van der Waals surface area contributed by atoms with Crippen molar-refractivity contribution >= 4 is 46.6 Å². The van der Waals surface area contributed by atoms with E-state index in [1.54, 1.807) is 43.3 Å². The lowest BCUT2D eigenvalue weighted by atomic mass is 10.1. The van der Waals surface area contributed by atoms with Crippen molar-refractivity contribution in [2.45, 2.75) is 19.8 Å². The van der Waals surface area contributed by atoms with Crippen LogP contribution in [0.5, 0.6) is 5.75 Å². The van der Waals surface area contributed by atoms with Gasteiger partial charge in [0, 0.05) is 23.3 Å². The Hall–Kier alpha value is -3.39. The molecule has 9 heteroatoms. The van der Waals surface area contributed by atoms with E-state index in [1.165, 1.54) is 13.2 Å². The molecule has 1 aromatic heterocycles. The number of amides is 3. The maximum atomic E-state index is 14.1. The molecule has 0 unspecified atom stereocenters. The molecule has 0 saturated heterocycles. The minimum atomic E-state index is -0.523. The Kier molecular flexibility index (Phi) is 7.15. The number of para-hydroxylation sites is 1. The lowest BCUT2D eigenvalue weighted by Crippen LogP contribution is -2.26. The van der Waals surface area contributed by atoms with Gasteiger partial charge in [-0.25, -0.2) is 14.2 Å². The average Bonchev–Trinajstić information content (AvgIpc) is 3.57. The second-order valence-corrected chi connectivity index (χ2v) is 7.59. The van der Waals surface area contributed by atoms with Crippen molar-refractivity contribution in [2.24, 2.45) is 5.92 Å². The van der Waals surface area contributed by atoms with Crippen LogP contribution >= 0.6 is 12.4 Å². The SMILES string of the molecule is COc1ccc(NC(=O)Nc2cc(C)nc3c(F)cccc23)cc1C(=O)NCC1CC1.Cl. The number of nitrogens with zero attached hydrogens (tertiary/aromatic N) is 1. The number of urea groups is 1. The zero-order valence-electron chi connectivity index (χ0n) is 17.7. The van der Waals surface area contributed by atoms with E-state index < -0.39 is 11.8 Å². The lowest BCUT2D eigenvalue weighted by molar-refractivity contribution is 0.0948. The molecule has 168 valence electrons. The van der Waals surface area contributed by atoms with Crippen molar-refractivity contribution in [1.29, 1.82) is 0 Å². The summed E-state index contributed by atoms with van der Waals surface area (Å²) in [6.45, 7) is 2.36. The van der Waals surface area contributed by atoms with E-state index in [-0.39, 0.29) is 23.8 Å². The number of anilines is 2. The summed E-state index contributed by atoms with van der Waals surface area (Å²) in [6, 6.07) is 10.6. The van der Waals surface area contributed by atoms with Crippen LogP contribution in [0.3, 0.4) is 0 Å². The zero-order valence-corrected chi connectivity index (χ0v) is 18.5. The first-order valence-electron chi connectivity index (χ1n) is 10.0. The van der Waals surface area contributed by atoms with Gasteiger partial charge in [0.05, 0.1) is 18.4 Å². The number of carbonyl (C=O) groups excluding carboxylic acids is 2. The van der Waals surface area contributed by atoms with Crippen LogP contribution in [0.25, 0.3) is 10.9 Å². The van der Waals surface area contributed by atoms with Crippen LogP contribution in [0.15, 0.2) is 42.5 Å². The van der Waals surface area contributed by atoms with Gasteiger partial charge in [-0.3, -0.25) is 4.79 Å². The van der Waals surface area contributed by atoms with Crippen LogP contribution in [-0.2, 0) is 0 Å². The van der Waals surface area contributed by atoms with Gasteiger partial charge < -0.3 is 20.7 Å². The fraction of sp³-hybridized carbons (Fsp3) is 0.261. The molecule has 7 nitrogen and oxygen atoms in total. The highest BCUT2D eigenvalue weighted by atomic mass is 35.5. The van der Waals surface area contributed by atoms with Crippen molar-refractivity contribution in [3.63, 3.8) is 0 Å². The molecule has 1 aliphatic rings. The molecule has 4 rings (SSSR count). The first-order valence-corrected chi connectivity index (χ1v) is 10.0. The third-order valence-electron chi connectivity index (χ3n) is 5.12. The van der Waals surface area contributed by atoms with Gasteiger partial charge in [-0.15, -0.1) is 12.4 Å². The number of halogens is 2. The fourth-order valence-electron chi connectivity index (χ4n) is 3.35. The predicted molar refractivity (Wildman–Crippen MR) is 124 cm³/mol. The first kappa shape index (κ1) is 23.3. The Morgan fingerprint density at radius 3 is 2.66 bits per heavy atom. The summed E-state index contributed by atoms with van der Waals surface area (Å²) in [5.74, 6) is 0.261. The number of hydrogen-bond acceptors (Lipinski definition) is 4. The van der Waals surface area contributed by atoms with Crippen LogP contribution < -0.4 is 20.7 Å². The Labute approximate surface area is 191 Å². The highest BCUT2D eigenvalue weighted by Gasteiger charge is 2.23. The third kappa shape index (κ3) is 5.26. The van der Waals surface area contributed by atoms with Crippen LogP contribution in [0.1, 0.15) is 28.9 Å². The van der Waals surface area contributed by atoms with Gasteiger partial charge in [-0.05, 0) is 56.0 Å². The summed E-state index contributed by atoms with van der Waals surface area (Å²) in [7, 11) is 1.49. The second-order valence-electron chi connectivity index (χ2n) is 7.59. The number of ether oxygens (including phenoxy) is 1. The van der Waals surface area contributed by atoms with E-state index >= 15 is 0 Å². The summed E-state index contributed by atoms with van der Waals surface area (Å²) in [4.78, 5) is 29.4. The summed E-state index contributed by atoms with van der Waals surface area (Å²) >= 11 is 0. The smallest absolute Gasteiger partial charge is 0.323 e. The van der Waals surface area contributed by atoms with E-state index in [0.29, 0.717) is 46.2 Å². The largest absolute Gasteiger partial charge is 0.496 e. The summed E-state index contributed by atoms with van der Waals surface area (Å²) < 4.78 is 19.4. The van der Waals surface area contributed by atoms with Crippen molar-refractivity contribution in [1.82, 2.24) is 10.3 Å². The van der Waals surface area contributed by atoms with Gasteiger partial charge in [0.1, 0.15) is 17.1 Å². The number of pyridine rings is 1. The molecule has 3 amide bonds. The number of carbonyl (C=O) groups is 2. The van der Waals surface area contributed by atoms with Gasteiger partial charge in [0.25, 0.3) is 5.91 Å². The monoisotopic (exact) mass is 458 g/mol. The summed E-state index contributed by atoms with van der Waals surface area (Å²) in [5.41, 5.74) is 1.98. The highest BCUT2D eigenvalue weighted by Crippen LogP contribution is 2.29. The Balaban J connectivity index is 0.00000289. The average molecular weight is 459 g/mol. The number of benzene rings is 2. The molecular formula is C23H24ClFN4O3. The molecule has 32 heavy (non-hydrogen) atoms. The molecule has 0 spiro atoms. The Bertz CT molecular complexity index is 1170. The number of nitrogens with one attached hydrogen (secondary N) is 3. The van der Waals surface area contributed by atoms with Crippen molar-refractivity contribution in [2.75, 3.05) is 24.3 Å². The molecular weight excluding hydrogens is 435 g/mol. The van der Waals surface area contributed by atoms with E-state index in [1.807, 2.05) is 0 Å². The normalized spacial score (nSPS) is 12.6. The maximum absolute atomic E-state index is 14.1. The van der Waals surface area contributed by atoms with E-state index in [9.17, 15) is 14.0 Å². The van der Waals surface area contributed by atoms with Gasteiger partial charge >= 0.3 is 6.03 Å². The van der Waals surface area contributed by atoms with Gasteiger partial charge in [-0.2, -0.15) is 0 Å². The second kappa shape index (κ2) is 9.82. The number of aryl methyl sites for hydroxylation is 1. The van der Waals surface area contributed by atoms with Crippen molar-refractivity contribution in [3.05, 3.63) is 59.5 Å². The molecule has 2 aromatic carbocycles. The summed E-state index contributed by atoms with van der Waals surface area (Å²) in [6.07, 6.45) is 2.26. The van der Waals surface area contributed by atoms with Crippen LogP contribution in [0.2, 0.25) is 0 Å². The van der Waals surface area contributed by atoms with E-state index in [0.717, 1.165) is 12.8 Å². The lowest BCUT2D eigenvalue weighted by Gasteiger charge is -2.13. The number of aromatic nitrogens is 1. The quantitative estimate of drug-likeness (QED) is 0.490.